The number of aryl methyl sites for hydroxylation is 1. The van der Waals surface area contributed by atoms with Crippen LogP contribution in [-0.2, 0) is 19.5 Å². The van der Waals surface area contributed by atoms with Crippen LogP contribution in [0.3, 0.4) is 0 Å². The molecule has 1 atom stereocenters. The van der Waals surface area contributed by atoms with Crippen molar-refractivity contribution in [1.82, 2.24) is 19.3 Å². The smallest absolute Gasteiger partial charge is 0.146 e. The van der Waals surface area contributed by atoms with Gasteiger partial charge in [-0.05, 0) is 30.7 Å². The topological polar surface area (TPSA) is 55.9 Å². The lowest BCUT2D eigenvalue weighted by Gasteiger charge is -2.16. The maximum atomic E-state index is 10.0. The summed E-state index contributed by atoms with van der Waals surface area (Å²) in [5.74, 6) is 1.52. The van der Waals surface area contributed by atoms with Gasteiger partial charge >= 0.3 is 0 Å². The Kier molecular flexibility index (Phi) is 3.61. The summed E-state index contributed by atoms with van der Waals surface area (Å²) in [7, 11) is 0. The van der Waals surface area contributed by atoms with Crippen LogP contribution in [0.2, 0.25) is 0 Å². The Bertz CT molecular complexity index is 584. The third-order valence-electron chi connectivity index (χ3n) is 3.84. The summed E-state index contributed by atoms with van der Waals surface area (Å²) >= 11 is 0. The molecule has 3 rings (SSSR count). The lowest BCUT2D eigenvalue weighted by atomic mass is 9.93. The molecule has 2 heterocycles. The minimum atomic E-state index is -0.298. The van der Waals surface area contributed by atoms with Crippen molar-refractivity contribution in [3.63, 3.8) is 0 Å². The normalized spacial score (nSPS) is 18.5. The van der Waals surface area contributed by atoms with E-state index >= 15 is 0 Å². The van der Waals surface area contributed by atoms with Gasteiger partial charge in [0.2, 0.25) is 0 Å². The summed E-state index contributed by atoms with van der Waals surface area (Å²) in [5, 5.41) is 14.3. The largest absolute Gasteiger partial charge is 0.388 e. The van der Waals surface area contributed by atoms with Crippen LogP contribution in [-0.4, -0.2) is 24.4 Å². The molecular weight excluding hydrogens is 252 g/mol. The van der Waals surface area contributed by atoms with E-state index in [-0.39, 0.29) is 6.10 Å². The van der Waals surface area contributed by atoms with Gasteiger partial charge in [-0.1, -0.05) is 13.8 Å². The fourth-order valence-corrected chi connectivity index (χ4v) is 2.89. The monoisotopic (exact) mass is 274 g/mol. The van der Waals surface area contributed by atoms with Crippen molar-refractivity contribution in [2.75, 3.05) is 0 Å². The first-order valence-electron chi connectivity index (χ1n) is 7.36. The zero-order valence-electron chi connectivity index (χ0n) is 12.2. The second-order valence-electron chi connectivity index (χ2n) is 6.07. The molecule has 2 aromatic rings. The van der Waals surface area contributed by atoms with E-state index in [2.05, 4.69) is 40.9 Å². The van der Waals surface area contributed by atoms with Crippen molar-refractivity contribution < 1.29 is 5.11 Å². The molecule has 108 valence electrons. The first-order chi connectivity index (χ1) is 9.63. The molecule has 2 aromatic heterocycles. The molecule has 1 aliphatic carbocycles. The predicted molar refractivity (Wildman–Crippen MR) is 76.3 cm³/mol. The number of aliphatic hydroxyl groups is 1. The molecule has 1 aliphatic rings. The van der Waals surface area contributed by atoms with E-state index in [0.717, 1.165) is 37.2 Å². The molecule has 0 amide bonds. The zero-order chi connectivity index (χ0) is 14.1. The summed E-state index contributed by atoms with van der Waals surface area (Å²) in [6.07, 6.45) is 8.55. The van der Waals surface area contributed by atoms with E-state index in [0.29, 0.717) is 12.5 Å². The number of nitrogens with zero attached hydrogens (tertiary/aromatic N) is 4. The van der Waals surface area contributed by atoms with Gasteiger partial charge in [-0.3, -0.25) is 0 Å². The Balaban J connectivity index is 1.80. The van der Waals surface area contributed by atoms with Crippen LogP contribution in [0.15, 0.2) is 18.7 Å². The number of aromatic nitrogens is 4. The number of hydrogen-bond donors (Lipinski definition) is 1. The quantitative estimate of drug-likeness (QED) is 0.929. The van der Waals surface area contributed by atoms with Gasteiger partial charge in [-0.2, -0.15) is 5.10 Å². The van der Waals surface area contributed by atoms with Crippen LogP contribution in [0.1, 0.15) is 49.7 Å². The Hall–Kier alpha value is -1.62. The van der Waals surface area contributed by atoms with Crippen LogP contribution in [0, 0.1) is 5.92 Å². The highest BCUT2D eigenvalue weighted by Crippen LogP contribution is 2.30. The lowest BCUT2D eigenvalue weighted by molar-refractivity contribution is 0.157. The van der Waals surface area contributed by atoms with Crippen LogP contribution in [0.25, 0.3) is 0 Å². The lowest BCUT2D eigenvalue weighted by Crippen LogP contribution is -2.12. The molecule has 0 aromatic carbocycles. The summed E-state index contributed by atoms with van der Waals surface area (Å²) in [6, 6.07) is 0. The van der Waals surface area contributed by atoms with Gasteiger partial charge in [0.25, 0.3) is 0 Å². The summed E-state index contributed by atoms with van der Waals surface area (Å²) in [5.41, 5.74) is 2.37. The molecule has 0 saturated carbocycles. The number of aliphatic hydroxyl groups excluding tert-OH is 1. The van der Waals surface area contributed by atoms with Crippen molar-refractivity contribution in [3.8, 4) is 0 Å². The Morgan fingerprint density at radius 2 is 2.25 bits per heavy atom. The Morgan fingerprint density at radius 1 is 1.40 bits per heavy atom. The Morgan fingerprint density at radius 3 is 3.00 bits per heavy atom. The van der Waals surface area contributed by atoms with Gasteiger partial charge in [0.05, 0.1) is 12.6 Å². The number of rotatable bonds is 4. The van der Waals surface area contributed by atoms with E-state index in [1.165, 1.54) is 5.56 Å². The first-order valence-corrected chi connectivity index (χ1v) is 7.36. The van der Waals surface area contributed by atoms with Gasteiger partial charge < -0.3 is 9.67 Å². The van der Waals surface area contributed by atoms with Crippen molar-refractivity contribution in [3.05, 3.63) is 35.7 Å². The van der Waals surface area contributed by atoms with E-state index in [1.807, 2.05) is 4.68 Å². The molecule has 0 radical (unpaired) electrons. The van der Waals surface area contributed by atoms with Crippen LogP contribution < -0.4 is 0 Å². The highest BCUT2D eigenvalue weighted by Gasteiger charge is 2.20. The average Bonchev–Trinajstić information content (AvgIpc) is 2.97. The maximum absolute atomic E-state index is 10.0. The third kappa shape index (κ3) is 2.63. The molecule has 0 aliphatic heterocycles. The molecule has 0 fully saturated rings. The average molecular weight is 274 g/mol. The highest BCUT2D eigenvalue weighted by atomic mass is 16.3. The number of hydrogen-bond acceptors (Lipinski definition) is 3. The molecule has 0 spiro atoms. The fraction of sp³-hybridized carbons (Fsp3) is 0.600. The number of fused-ring (bicyclic) bond motifs is 1. The molecule has 0 bridgehead atoms. The summed E-state index contributed by atoms with van der Waals surface area (Å²) in [6.45, 7) is 5.96. The third-order valence-corrected chi connectivity index (χ3v) is 3.84. The van der Waals surface area contributed by atoms with Crippen LogP contribution in [0.4, 0.5) is 0 Å². The molecule has 20 heavy (non-hydrogen) atoms. The first kappa shape index (κ1) is 13.4. The van der Waals surface area contributed by atoms with Gasteiger partial charge in [-0.25, -0.2) is 9.67 Å². The molecule has 5 nitrogen and oxygen atoms in total. The van der Waals surface area contributed by atoms with E-state index in [9.17, 15) is 5.11 Å². The van der Waals surface area contributed by atoms with E-state index in [1.54, 1.807) is 6.33 Å². The van der Waals surface area contributed by atoms with Crippen LogP contribution in [0.5, 0.6) is 0 Å². The molecule has 0 saturated heterocycles. The van der Waals surface area contributed by atoms with Crippen molar-refractivity contribution in [2.24, 2.45) is 5.92 Å². The van der Waals surface area contributed by atoms with E-state index in [4.69, 9.17) is 0 Å². The van der Waals surface area contributed by atoms with Crippen molar-refractivity contribution in [1.29, 1.82) is 0 Å². The van der Waals surface area contributed by atoms with Crippen molar-refractivity contribution >= 4 is 0 Å². The predicted octanol–water partition coefficient (Wildman–Crippen LogP) is 2.15. The SMILES string of the molecule is CC(C)Cn1ncnc1Cn1cc2c(c1)C(O)CCC2. The second-order valence-corrected chi connectivity index (χ2v) is 6.07. The molecular formula is C15H22N4O. The zero-order valence-corrected chi connectivity index (χ0v) is 12.2. The van der Waals surface area contributed by atoms with Gasteiger partial charge in [-0.15, -0.1) is 0 Å². The highest BCUT2D eigenvalue weighted by molar-refractivity contribution is 5.29. The minimum absolute atomic E-state index is 0.298. The summed E-state index contributed by atoms with van der Waals surface area (Å²) < 4.78 is 4.10. The molecule has 5 heteroatoms. The van der Waals surface area contributed by atoms with E-state index < -0.39 is 0 Å². The standard InChI is InChI=1S/C15H22N4O/c1-11(2)6-19-15(16-10-17-19)9-18-7-12-4-3-5-14(20)13(12)8-18/h7-8,10-11,14,20H,3-6,9H2,1-2H3. The fourth-order valence-electron chi connectivity index (χ4n) is 2.89. The Labute approximate surface area is 119 Å². The second kappa shape index (κ2) is 5.40. The molecule has 1 N–H and O–H groups in total. The van der Waals surface area contributed by atoms with Crippen LogP contribution >= 0.6 is 0 Å². The van der Waals surface area contributed by atoms with Crippen molar-refractivity contribution in [2.45, 2.75) is 52.3 Å². The molecule has 1 unspecified atom stereocenters. The van der Waals surface area contributed by atoms with Gasteiger partial charge in [0.1, 0.15) is 12.2 Å². The summed E-state index contributed by atoms with van der Waals surface area (Å²) in [4.78, 5) is 4.36. The van der Waals surface area contributed by atoms with Gasteiger partial charge in [0, 0.05) is 24.5 Å². The maximum Gasteiger partial charge on any atom is 0.146 e. The minimum Gasteiger partial charge on any atom is -0.388 e. The van der Waals surface area contributed by atoms with Gasteiger partial charge in [0.15, 0.2) is 0 Å².